The summed E-state index contributed by atoms with van der Waals surface area (Å²) in [5, 5.41) is 5.78. The van der Waals surface area contributed by atoms with Gasteiger partial charge in [0.1, 0.15) is 0 Å². The smallest absolute Gasteiger partial charge is 0.321 e. The Morgan fingerprint density at radius 2 is 1.91 bits per heavy atom. The largest absolute Gasteiger partial charge is 0.350 e. The lowest BCUT2D eigenvalue weighted by Gasteiger charge is -2.16. The maximum absolute atomic E-state index is 12.2. The van der Waals surface area contributed by atoms with E-state index in [4.69, 9.17) is 0 Å². The summed E-state index contributed by atoms with van der Waals surface area (Å²) >= 11 is 0. The quantitative estimate of drug-likeness (QED) is 0.849. The number of carbonyl (C=O) groups excluding carboxylic acids is 2. The predicted octanol–water partition coefficient (Wildman–Crippen LogP) is 2.77. The molecule has 5 nitrogen and oxygen atoms in total. The Hall–Kier alpha value is -2.04. The fraction of sp³-hybridized carbons (Fsp3) is 0.529. The lowest BCUT2D eigenvalue weighted by molar-refractivity contribution is 0.0937. The van der Waals surface area contributed by atoms with Gasteiger partial charge in [0.25, 0.3) is 5.91 Å². The number of carbonyl (C=O) groups is 2. The first-order chi connectivity index (χ1) is 10.5. The molecule has 0 radical (unpaired) electrons. The molecule has 1 aliphatic heterocycles. The van der Waals surface area contributed by atoms with Crippen molar-refractivity contribution in [2.24, 2.45) is 5.92 Å². The van der Waals surface area contributed by atoms with Crippen LogP contribution in [0.1, 0.15) is 44.0 Å². The van der Waals surface area contributed by atoms with Gasteiger partial charge in [-0.05, 0) is 49.9 Å². The third kappa shape index (κ3) is 4.23. The summed E-state index contributed by atoms with van der Waals surface area (Å²) in [5.41, 5.74) is 1.44. The number of hydrogen-bond acceptors (Lipinski definition) is 2. The van der Waals surface area contributed by atoms with Gasteiger partial charge in [0.05, 0.1) is 0 Å². The van der Waals surface area contributed by atoms with Crippen LogP contribution in [0.25, 0.3) is 0 Å². The van der Waals surface area contributed by atoms with Crippen LogP contribution in [0.2, 0.25) is 0 Å². The minimum absolute atomic E-state index is 0.0614. The zero-order valence-electron chi connectivity index (χ0n) is 13.6. The first-order valence-corrected chi connectivity index (χ1v) is 7.93. The highest BCUT2D eigenvalue weighted by Gasteiger charge is 2.21. The Morgan fingerprint density at radius 3 is 2.45 bits per heavy atom. The topological polar surface area (TPSA) is 61.4 Å². The molecule has 1 unspecified atom stereocenters. The Balaban J connectivity index is 1.92. The summed E-state index contributed by atoms with van der Waals surface area (Å²) in [5.74, 6) is 0.582. The van der Waals surface area contributed by atoms with Crippen molar-refractivity contribution in [3.05, 3.63) is 29.8 Å². The molecule has 0 saturated carbocycles. The average Bonchev–Trinajstić information content (AvgIpc) is 2.91. The van der Waals surface area contributed by atoms with Crippen LogP contribution in [0.3, 0.4) is 0 Å². The fourth-order valence-electron chi connectivity index (χ4n) is 2.47. The van der Waals surface area contributed by atoms with Crippen LogP contribution in [-0.4, -0.2) is 31.1 Å². The van der Waals surface area contributed by atoms with E-state index in [9.17, 15) is 9.59 Å². The second kappa shape index (κ2) is 7.29. The monoisotopic (exact) mass is 303 g/mol. The van der Waals surface area contributed by atoms with Crippen molar-refractivity contribution in [3.8, 4) is 0 Å². The lowest BCUT2D eigenvalue weighted by atomic mass is 10.0. The number of amides is 3. The Labute approximate surface area is 132 Å². The third-order valence-corrected chi connectivity index (χ3v) is 3.85. The molecule has 1 aromatic carbocycles. The van der Waals surface area contributed by atoms with Crippen molar-refractivity contribution in [1.82, 2.24) is 10.6 Å². The summed E-state index contributed by atoms with van der Waals surface area (Å²) in [4.78, 5) is 25.5. The van der Waals surface area contributed by atoms with Crippen molar-refractivity contribution in [2.45, 2.75) is 39.7 Å². The average molecular weight is 303 g/mol. The first-order valence-electron chi connectivity index (χ1n) is 7.93. The van der Waals surface area contributed by atoms with E-state index in [0.717, 1.165) is 18.5 Å². The number of hydrogen-bond donors (Lipinski definition) is 2. The Bertz CT molecular complexity index is 525. The lowest BCUT2D eigenvalue weighted by Crippen LogP contribution is -2.32. The molecule has 1 atom stereocenters. The Morgan fingerprint density at radius 1 is 1.23 bits per heavy atom. The molecule has 1 saturated heterocycles. The first kappa shape index (κ1) is 16.3. The molecule has 0 spiro atoms. The van der Waals surface area contributed by atoms with Gasteiger partial charge in [0.15, 0.2) is 0 Å². The number of rotatable bonds is 6. The number of nitrogens with one attached hydrogen (secondary N) is 2. The van der Waals surface area contributed by atoms with Crippen LogP contribution in [0.15, 0.2) is 24.3 Å². The molecule has 120 valence electrons. The van der Waals surface area contributed by atoms with Gasteiger partial charge in [-0.1, -0.05) is 13.8 Å². The van der Waals surface area contributed by atoms with Gasteiger partial charge in [0, 0.05) is 30.4 Å². The van der Waals surface area contributed by atoms with Crippen molar-refractivity contribution in [3.63, 3.8) is 0 Å². The zero-order valence-corrected chi connectivity index (χ0v) is 13.6. The van der Waals surface area contributed by atoms with Crippen LogP contribution in [0.4, 0.5) is 10.5 Å². The molecule has 3 amide bonds. The van der Waals surface area contributed by atoms with E-state index in [2.05, 4.69) is 24.5 Å². The minimum atomic E-state index is -0.0838. The van der Waals surface area contributed by atoms with Crippen molar-refractivity contribution in [2.75, 3.05) is 18.0 Å². The van der Waals surface area contributed by atoms with Crippen molar-refractivity contribution >= 4 is 17.6 Å². The van der Waals surface area contributed by atoms with Gasteiger partial charge in [-0.2, -0.15) is 0 Å². The molecule has 5 heteroatoms. The zero-order chi connectivity index (χ0) is 16.1. The highest BCUT2D eigenvalue weighted by molar-refractivity contribution is 5.97. The van der Waals surface area contributed by atoms with Gasteiger partial charge in [-0.3, -0.25) is 9.69 Å². The van der Waals surface area contributed by atoms with Gasteiger partial charge < -0.3 is 10.6 Å². The van der Waals surface area contributed by atoms with Crippen molar-refractivity contribution in [1.29, 1.82) is 0 Å². The number of urea groups is 1. The molecule has 1 heterocycles. The summed E-state index contributed by atoms with van der Waals surface area (Å²) in [6.45, 7) is 7.72. The van der Waals surface area contributed by atoms with Crippen LogP contribution in [0.5, 0.6) is 0 Å². The van der Waals surface area contributed by atoms with E-state index in [-0.39, 0.29) is 18.0 Å². The van der Waals surface area contributed by atoms with Crippen LogP contribution < -0.4 is 15.5 Å². The molecule has 0 aromatic heterocycles. The predicted molar refractivity (Wildman–Crippen MR) is 88.2 cm³/mol. The van der Waals surface area contributed by atoms with Crippen molar-refractivity contribution < 1.29 is 9.59 Å². The second-order valence-corrected chi connectivity index (χ2v) is 6.28. The molecule has 22 heavy (non-hydrogen) atoms. The summed E-state index contributed by atoms with van der Waals surface area (Å²) in [7, 11) is 0. The minimum Gasteiger partial charge on any atom is -0.350 e. The molecule has 2 N–H and O–H groups in total. The normalized spacial score (nSPS) is 15.8. The van der Waals surface area contributed by atoms with Crippen LogP contribution >= 0.6 is 0 Å². The third-order valence-electron chi connectivity index (χ3n) is 3.85. The molecule has 0 bridgehead atoms. The summed E-state index contributed by atoms with van der Waals surface area (Å²) < 4.78 is 0. The van der Waals surface area contributed by atoms with E-state index in [0.29, 0.717) is 24.6 Å². The Kier molecular flexibility index (Phi) is 5.41. The molecular weight excluding hydrogens is 278 g/mol. The van der Waals surface area contributed by atoms with Gasteiger partial charge >= 0.3 is 6.03 Å². The molecule has 1 aromatic rings. The summed E-state index contributed by atoms with van der Waals surface area (Å²) in [6, 6.07) is 7.26. The standard InChI is InChI=1S/C17H25N3O2/c1-12(2)4-5-13(3)19-16(21)14-6-8-15(9-7-14)20-11-10-18-17(20)22/h6-9,12-13H,4-5,10-11H2,1-3H3,(H,18,22)(H,19,21). The fourth-order valence-corrected chi connectivity index (χ4v) is 2.47. The number of nitrogens with zero attached hydrogens (tertiary/aromatic N) is 1. The SMILES string of the molecule is CC(C)CCC(C)NC(=O)c1ccc(N2CCNC2=O)cc1. The highest BCUT2D eigenvalue weighted by atomic mass is 16.2. The van der Waals surface area contributed by atoms with Gasteiger partial charge in [-0.25, -0.2) is 4.79 Å². The van der Waals surface area contributed by atoms with E-state index >= 15 is 0 Å². The number of anilines is 1. The van der Waals surface area contributed by atoms with Gasteiger partial charge in [0.2, 0.25) is 0 Å². The van der Waals surface area contributed by atoms with Gasteiger partial charge in [-0.15, -0.1) is 0 Å². The second-order valence-electron chi connectivity index (χ2n) is 6.28. The van der Waals surface area contributed by atoms with Crippen LogP contribution in [-0.2, 0) is 0 Å². The molecular formula is C17H25N3O2. The highest BCUT2D eigenvalue weighted by Crippen LogP contribution is 2.17. The summed E-state index contributed by atoms with van der Waals surface area (Å²) in [6.07, 6.45) is 2.08. The maximum Gasteiger partial charge on any atom is 0.321 e. The maximum atomic E-state index is 12.2. The molecule has 1 aliphatic rings. The van der Waals surface area contributed by atoms with E-state index < -0.39 is 0 Å². The van der Waals surface area contributed by atoms with E-state index in [1.54, 1.807) is 17.0 Å². The van der Waals surface area contributed by atoms with E-state index in [1.807, 2.05) is 19.1 Å². The molecule has 0 aliphatic carbocycles. The van der Waals surface area contributed by atoms with E-state index in [1.165, 1.54) is 0 Å². The number of benzene rings is 1. The van der Waals surface area contributed by atoms with Crippen LogP contribution in [0, 0.1) is 5.92 Å². The molecule has 2 rings (SSSR count). The molecule has 1 fully saturated rings.